The van der Waals surface area contributed by atoms with E-state index in [1.54, 1.807) is 0 Å². The second-order valence-corrected chi connectivity index (χ2v) is 8.20. The molecule has 0 radical (unpaired) electrons. The summed E-state index contributed by atoms with van der Waals surface area (Å²) >= 11 is 6.04. The van der Waals surface area contributed by atoms with Gasteiger partial charge in [0.15, 0.2) is 0 Å². The summed E-state index contributed by atoms with van der Waals surface area (Å²) in [4.78, 5) is 10.5. The third-order valence-corrected chi connectivity index (χ3v) is 6.58. The number of benzene rings is 1. The zero-order chi connectivity index (χ0) is 17.9. The van der Waals surface area contributed by atoms with E-state index in [9.17, 15) is 18.5 Å². The summed E-state index contributed by atoms with van der Waals surface area (Å²) in [5.41, 5.74) is -0.00708. The third kappa shape index (κ3) is 4.83. The number of nitrogens with one attached hydrogen (secondary N) is 1. The highest BCUT2D eigenvalue weighted by molar-refractivity contribution is 7.89. The van der Waals surface area contributed by atoms with Gasteiger partial charge in [-0.05, 0) is 45.3 Å². The maximum absolute atomic E-state index is 13.1. The van der Waals surface area contributed by atoms with Crippen LogP contribution in [0.25, 0.3) is 0 Å². The lowest BCUT2D eigenvalue weighted by Gasteiger charge is -2.33. The summed E-state index contributed by atoms with van der Waals surface area (Å²) in [6, 6.07) is 2.32. The van der Waals surface area contributed by atoms with Gasteiger partial charge < -0.3 is 5.32 Å². The monoisotopic (exact) mass is 411 g/mol. The van der Waals surface area contributed by atoms with Crippen molar-refractivity contribution in [3.63, 3.8) is 0 Å². The number of halogens is 2. The molecule has 0 aromatic heterocycles. The maximum atomic E-state index is 13.1. The van der Waals surface area contributed by atoms with Gasteiger partial charge in [0, 0.05) is 24.2 Å². The minimum absolute atomic E-state index is 0. The molecule has 2 rings (SSSR count). The summed E-state index contributed by atoms with van der Waals surface area (Å²) in [7, 11) is -3.84. The highest BCUT2D eigenvalue weighted by atomic mass is 35.5. The topological polar surface area (TPSA) is 92.6 Å². The van der Waals surface area contributed by atoms with E-state index in [1.165, 1.54) is 17.3 Å². The molecule has 0 saturated carbocycles. The summed E-state index contributed by atoms with van der Waals surface area (Å²) in [6.45, 7) is 5.32. The average molecular weight is 412 g/mol. The van der Waals surface area contributed by atoms with Gasteiger partial charge in [0.25, 0.3) is 5.69 Å². The minimum atomic E-state index is -3.84. The Hall–Kier alpha value is -0.930. The molecule has 1 aliphatic rings. The van der Waals surface area contributed by atoms with E-state index in [0.29, 0.717) is 13.0 Å². The van der Waals surface area contributed by atoms with Gasteiger partial charge in [0.2, 0.25) is 10.0 Å². The fourth-order valence-corrected chi connectivity index (χ4v) is 5.03. The molecule has 25 heavy (non-hydrogen) atoms. The van der Waals surface area contributed by atoms with Crippen molar-refractivity contribution in [2.24, 2.45) is 0 Å². The number of sulfonamides is 1. The Morgan fingerprint density at radius 2 is 1.96 bits per heavy atom. The van der Waals surface area contributed by atoms with Crippen LogP contribution in [0, 0.1) is 17.0 Å². The van der Waals surface area contributed by atoms with Crippen molar-refractivity contribution >= 4 is 39.7 Å². The van der Waals surface area contributed by atoms with Crippen molar-refractivity contribution in [3.05, 3.63) is 32.8 Å². The van der Waals surface area contributed by atoms with Crippen molar-refractivity contribution < 1.29 is 13.3 Å². The molecule has 1 heterocycles. The fraction of sp³-hybridized carbons (Fsp3) is 0.600. The second-order valence-electron chi connectivity index (χ2n) is 5.90. The Bertz CT molecular complexity index is 722. The molecule has 1 fully saturated rings. The first kappa shape index (κ1) is 22.1. The number of nitro benzene ring substituents is 1. The number of hydrogen-bond donors (Lipinski definition) is 1. The first-order valence-electron chi connectivity index (χ1n) is 7.96. The lowest BCUT2D eigenvalue weighted by Crippen LogP contribution is -2.46. The van der Waals surface area contributed by atoms with Crippen molar-refractivity contribution in [1.82, 2.24) is 9.62 Å². The number of rotatable bonds is 6. The first-order valence-corrected chi connectivity index (χ1v) is 9.78. The van der Waals surface area contributed by atoms with E-state index in [0.717, 1.165) is 32.0 Å². The summed E-state index contributed by atoms with van der Waals surface area (Å²) in [5.74, 6) is 0. The van der Waals surface area contributed by atoms with E-state index >= 15 is 0 Å². The Labute approximate surface area is 159 Å². The van der Waals surface area contributed by atoms with Gasteiger partial charge in [0.05, 0.1) is 14.8 Å². The predicted molar refractivity (Wildman–Crippen MR) is 100 cm³/mol. The fourth-order valence-electron chi connectivity index (χ4n) is 2.93. The molecule has 0 bridgehead atoms. The SMILES string of the molecule is CCCN(C1CCNCC1)S(=O)(=O)c1cc(Cl)c(C)c([N+](=O)[O-])c1.Cl. The largest absolute Gasteiger partial charge is 0.317 e. The van der Waals surface area contributed by atoms with Gasteiger partial charge in [-0.2, -0.15) is 4.31 Å². The molecule has 0 amide bonds. The van der Waals surface area contributed by atoms with Crippen LogP contribution < -0.4 is 5.32 Å². The number of hydrogen-bond acceptors (Lipinski definition) is 5. The van der Waals surface area contributed by atoms with Gasteiger partial charge in [0.1, 0.15) is 0 Å². The van der Waals surface area contributed by atoms with E-state index < -0.39 is 14.9 Å². The molecule has 1 saturated heterocycles. The van der Waals surface area contributed by atoms with Crippen LogP contribution in [0.4, 0.5) is 5.69 Å². The highest BCUT2D eigenvalue weighted by Crippen LogP contribution is 2.32. The third-order valence-electron chi connectivity index (χ3n) is 4.25. The van der Waals surface area contributed by atoms with Crippen molar-refractivity contribution in [2.75, 3.05) is 19.6 Å². The van der Waals surface area contributed by atoms with Gasteiger partial charge in [-0.3, -0.25) is 10.1 Å². The van der Waals surface area contributed by atoms with Crippen LogP contribution in [0.2, 0.25) is 5.02 Å². The van der Waals surface area contributed by atoms with Crippen LogP contribution in [0.1, 0.15) is 31.7 Å². The van der Waals surface area contributed by atoms with Crippen LogP contribution in [-0.4, -0.2) is 43.3 Å². The molecule has 10 heteroatoms. The molecule has 0 aliphatic carbocycles. The van der Waals surface area contributed by atoms with Crippen LogP contribution in [-0.2, 0) is 10.0 Å². The maximum Gasteiger partial charge on any atom is 0.275 e. The second kappa shape index (κ2) is 9.14. The number of nitrogens with zero attached hydrogens (tertiary/aromatic N) is 2. The van der Waals surface area contributed by atoms with Gasteiger partial charge in [-0.1, -0.05) is 18.5 Å². The van der Waals surface area contributed by atoms with Crippen LogP contribution in [0.5, 0.6) is 0 Å². The zero-order valence-electron chi connectivity index (χ0n) is 14.2. The standard InChI is InChI=1S/C15H22ClN3O4S.ClH/c1-3-8-18(12-4-6-17-7-5-12)24(22,23)13-9-14(16)11(2)15(10-13)19(20)21;/h9-10,12,17H,3-8H2,1-2H3;1H. The Kier molecular flexibility index (Phi) is 8.08. The summed E-state index contributed by atoms with van der Waals surface area (Å²) in [6.07, 6.45) is 2.12. The summed E-state index contributed by atoms with van der Waals surface area (Å²) < 4.78 is 27.6. The predicted octanol–water partition coefficient (Wildman–Crippen LogP) is 3.13. The molecule has 142 valence electrons. The molecule has 7 nitrogen and oxygen atoms in total. The molecule has 1 aliphatic heterocycles. The Balaban J connectivity index is 0.00000312. The van der Waals surface area contributed by atoms with Crippen molar-refractivity contribution in [2.45, 2.75) is 44.0 Å². The molecule has 1 aromatic carbocycles. The van der Waals surface area contributed by atoms with Crippen LogP contribution in [0.15, 0.2) is 17.0 Å². The molecular weight excluding hydrogens is 389 g/mol. The Morgan fingerprint density at radius 3 is 2.48 bits per heavy atom. The van der Waals surface area contributed by atoms with Gasteiger partial charge >= 0.3 is 0 Å². The van der Waals surface area contributed by atoms with E-state index in [1.807, 2.05) is 6.92 Å². The van der Waals surface area contributed by atoms with Gasteiger partial charge in [-0.15, -0.1) is 12.4 Å². The number of nitro groups is 1. The molecule has 0 unspecified atom stereocenters. The van der Waals surface area contributed by atoms with Crippen molar-refractivity contribution in [3.8, 4) is 0 Å². The van der Waals surface area contributed by atoms with Gasteiger partial charge in [-0.25, -0.2) is 8.42 Å². The molecule has 0 spiro atoms. The van der Waals surface area contributed by atoms with E-state index in [4.69, 9.17) is 11.6 Å². The highest BCUT2D eigenvalue weighted by Gasteiger charge is 2.33. The lowest BCUT2D eigenvalue weighted by atomic mass is 10.1. The molecule has 1 aromatic rings. The average Bonchev–Trinajstić information content (AvgIpc) is 2.55. The molecular formula is C15H23Cl2N3O4S. The van der Waals surface area contributed by atoms with Crippen LogP contribution >= 0.6 is 24.0 Å². The normalized spacial score (nSPS) is 15.8. The Morgan fingerprint density at radius 1 is 1.36 bits per heavy atom. The van der Waals surface area contributed by atoms with E-state index in [-0.39, 0.29) is 39.6 Å². The van der Waals surface area contributed by atoms with E-state index in [2.05, 4.69) is 5.32 Å². The first-order chi connectivity index (χ1) is 11.3. The smallest absolute Gasteiger partial charge is 0.275 e. The van der Waals surface area contributed by atoms with Crippen molar-refractivity contribution in [1.29, 1.82) is 0 Å². The zero-order valence-corrected chi connectivity index (χ0v) is 16.6. The molecule has 1 N–H and O–H groups in total. The quantitative estimate of drug-likeness (QED) is 0.573. The molecule has 0 atom stereocenters. The lowest BCUT2D eigenvalue weighted by molar-refractivity contribution is -0.385. The van der Waals surface area contributed by atoms with Crippen LogP contribution in [0.3, 0.4) is 0 Å². The number of piperidine rings is 1. The summed E-state index contributed by atoms with van der Waals surface area (Å²) in [5, 5.41) is 14.5. The minimum Gasteiger partial charge on any atom is -0.317 e.